The Hall–Kier alpha value is -3.32. The smallest absolute Gasteiger partial charge is 0.355 e. The third kappa shape index (κ3) is 3.82. The lowest BCUT2D eigenvalue weighted by Gasteiger charge is -2.15. The minimum absolute atomic E-state index is 0.0894. The van der Waals surface area contributed by atoms with Gasteiger partial charge in [0.05, 0.1) is 16.9 Å². The molecular formula is C21H13ClF3N3O. The van der Waals surface area contributed by atoms with E-state index in [0.29, 0.717) is 21.8 Å². The van der Waals surface area contributed by atoms with E-state index in [1.165, 1.54) is 24.4 Å². The maximum atomic E-state index is 13.1. The summed E-state index contributed by atoms with van der Waals surface area (Å²) < 4.78 is 40.5. The molecule has 0 saturated carbocycles. The summed E-state index contributed by atoms with van der Waals surface area (Å²) in [5, 5.41) is 4.29. The predicted octanol–water partition coefficient (Wildman–Crippen LogP) is 5.80. The van der Waals surface area contributed by atoms with Gasteiger partial charge in [-0.25, -0.2) is 4.98 Å². The second-order valence-corrected chi connectivity index (χ2v) is 6.72. The first-order chi connectivity index (χ1) is 13.8. The number of anilines is 2. The number of benzene rings is 2. The fourth-order valence-electron chi connectivity index (χ4n) is 3.02. The Balaban J connectivity index is 1.89. The first-order valence-electron chi connectivity index (χ1n) is 8.54. The lowest BCUT2D eigenvalue weighted by Crippen LogP contribution is -2.20. The minimum atomic E-state index is -4.51. The summed E-state index contributed by atoms with van der Waals surface area (Å²) in [6.45, 7) is 0. The number of hydrogen-bond donors (Lipinski definition) is 1. The molecule has 1 N–H and O–H groups in total. The number of nitrogens with zero attached hydrogens (tertiary/aromatic N) is 2. The molecule has 0 spiro atoms. The van der Waals surface area contributed by atoms with Gasteiger partial charge in [-0.1, -0.05) is 17.7 Å². The van der Waals surface area contributed by atoms with Crippen molar-refractivity contribution >= 4 is 34.0 Å². The molecule has 0 aliphatic heterocycles. The third-order valence-electron chi connectivity index (χ3n) is 4.33. The largest absolute Gasteiger partial charge is 0.416 e. The zero-order valence-electron chi connectivity index (χ0n) is 14.7. The van der Waals surface area contributed by atoms with Crippen LogP contribution in [-0.2, 0) is 6.18 Å². The van der Waals surface area contributed by atoms with E-state index in [1.807, 2.05) is 0 Å². The van der Waals surface area contributed by atoms with Crippen LogP contribution in [0.2, 0.25) is 5.02 Å². The first kappa shape index (κ1) is 19.0. The quantitative estimate of drug-likeness (QED) is 0.460. The molecule has 0 bridgehead atoms. The molecule has 4 nitrogen and oxygen atoms in total. The first-order valence-corrected chi connectivity index (χ1v) is 8.92. The normalized spacial score (nSPS) is 11.6. The number of pyridine rings is 2. The number of halogens is 4. The van der Waals surface area contributed by atoms with Gasteiger partial charge < -0.3 is 5.32 Å². The highest BCUT2D eigenvalue weighted by Gasteiger charge is 2.30. The maximum Gasteiger partial charge on any atom is 0.416 e. The monoisotopic (exact) mass is 415 g/mol. The van der Waals surface area contributed by atoms with Crippen molar-refractivity contribution in [3.63, 3.8) is 0 Å². The lowest BCUT2D eigenvalue weighted by atomic mass is 10.1. The van der Waals surface area contributed by atoms with Crippen LogP contribution in [0.25, 0.3) is 16.7 Å². The van der Waals surface area contributed by atoms with Crippen molar-refractivity contribution in [3.8, 4) is 5.69 Å². The Kier molecular flexibility index (Phi) is 4.76. The van der Waals surface area contributed by atoms with E-state index < -0.39 is 17.3 Å². The molecule has 0 radical (unpaired) electrons. The Morgan fingerprint density at radius 1 is 0.966 bits per heavy atom. The Bertz CT molecular complexity index is 1250. The molecule has 2 aromatic carbocycles. The number of fused-ring (bicyclic) bond motifs is 1. The predicted molar refractivity (Wildman–Crippen MR) is 107 cm³/mol. The maximum absolute atomic E-state index is 13.1. The standard InChI is InChI=1S/C21H13ClF3N3O/c22-14-6-8-15(9-7-14)27-18-12-19(29)28(20-17(18)5-2-10-26-20)16-4-1-3-13(11-16)21(23,24)25/h1-12,27H. The minimum Gasteiger partial charge on any atom is -0.355 e. The van der Waals surface area contributed by atoms with Crippen LogP contribution < -0.4 is 10.9 Å². The topological polar surface area (TPSA) is 46.9 Å². The van der Waals surface area contributed by atoms with Gasteiger partial charge in [0.2, 0.25) is 0 Å². The van der Waals surface area contributed by atoms with Crippen LogP contribution in [0.1, 0.15) is 5.56 Å². The molecule has 0 saturated heterocycles. The Morgan fingerprint density at radius 3 is 2.45 bits per heavy atom. The van der Waals surface area contributed by atoms with Crippen LogP contribution >= 0.6 is 11.6 Å². The zero-order valence-corrected chi connectivity index (χ0v) is 15.5. The van der Waals surface area contributed by atoms with Gasteiger partial charge in [-0.3, -0.25) is 9.36 Å². The van der Waals surface area contributed by atoms with E-state index in [0.717, 1.165) is 16.7 Å². The van der Waals surface area contributed by atoms with Crippen LogP contribution in [0.3, 0.4) is 0 Å². The van der Waals surface area contributed by atoms with Crippen molar-refractivity contribution in [2.24, 2.45) is 0 Å². The number of rotatable bonds is 3. The van der Waals surface area contributed by atoms with Crippen LogP contribution in [0.15, 0.2) is 77.7 Å². The molecular weight excluding hydrogens is 403 g/mol. The Labute approximate surface area is 168 Å². The van der Waals surface area contributed by atoms with Crippen molar-refractivity contribution in [2.75, 3.05) is 5.32 Å². The fourth-order valence-corrected chi connectivity index (χ4v) is 3.14. The molecule has 0 unspecified atom stereocenters. The van der Waals surface area contributed by atoms with Gasteiger partial charge in [-0.05, 0) is 54.6 Å². The van der Waals surface area contributed by atoms with Crippen LogP contribution in [0, 0.1) is 0 Å². The van der Waals surface area contributed by atoms with Gasteiger partial charge in [0.1, 0.15) is 5.65 Å². The average Bonchev–Trinajstić information content (AvgIpc) is 2.69. The molecule has 8 heteroatoms. The van der Waals surface area contributed by atoms with Gasteiger partial charge in [0.15, 0.2) is 0 Å². The van der Waals surface area contributed by atoms with Crippen molar-refractivity contribution in [2.45, 2.75) is 6.18 Å². The average molecular weight is 416 g/mol. The highest BCUT2D eigenvalue weighted by atomic mass is 35.5. The zero-order chi connectivity index (χ0) is 20.6. The molecule has 4 aromatic rings. The Morgan fingerprint density at radius 2 is 1.72 bits per heavy atom. The second kappa shape index (κ2) is 7.25. The van der Waals surface area contributed by atoms with Crippen molar-refractivity contribution in [1.29, 1.82) is 0 Å². The number of nitrogens with one attached hydrogen (secondary N) is 1. The summed E-state index contributed by atoms with van der Waals surface area (Å²) >= 11 is 5.90. The van der Waals surface area contributed by atoms with Crippen LogP contribution in [0.5, 0.6) is 0 Å². The van der Waals surface area contributed by atoms with Gasteiger partial charge in [0.25, 0.3) is 5.56 Å². The van der Waals surface area contributed by atoms with E-state index in [-0.39, 0.29) is 11.3 Å². The second-order valence-electron chi connectivity index (χ2n) is 6.29. The summed E-state index contributed by atoms with van der Waals surface area (Å²) in [6.07, 6.45) is -3.03. The summed E-state index contributed by atoms with van der Waals surface area (Å²) in [6, 6.07) is 16.3. The van der Waals surface area contributed by atoms with E-state index in [2.05, 4.69) is 10.3 Å². The number of alkyl halides is 3. The molecule has 146 valence electrons. The van der Waals surface area contributed by atoms with Crippen molar-refractivity contribution in [3.05, 3.63) is 93.9 Å². The molecule has 29 heavy (non-hydrogen) atoms. The van der Waals surface area contributed by atoms with Gasteiger partial charge in [0, 0.05) is 28.4 Å². The van der Waals surface area contributed by atoms with E-state index in [9.17, 15) is 18.0 Å². The summed E-state index contributed by atoms with van der Waals surface area (Å²) in [4.78, 5) is 17.1. The van der Waals surface area contributed by atoms with Gasteiger partial charge in [-0.2, -0.15) is 13.2 Å². The summed E-state index contributed by atoms with van der Waals surface area (Å²) in [5.74, 6) is 0. The van der Waals surface area contributed by atoms with Crippen LogP contribution in [-0.4, -0.2) is 9.55 Å². The third-order valence-corrected chi connectivity index (χ3v) is 4.58. The molecule has 2 aromatic heterocycles. The van der Waals surface area contributed by atoms with Gasteiger partial charge >= 0.3 is 6.18 Å². The highest BCUT2D eigenvalue weighted by Crippen LogP contribution is 2.31. The van der Waals surface area contributed by atoms with Gasteiger partial charge in [-0.15, -0.1) is 0 Å². The van der Waals surface area contributed by atoms with E-state index >= 15 is 0 Å². The molecule has 0 atom stereocenters. The molecule has 0 fully saturated rings. The molecule has 0 amide bonds. The summed E-state index contributed by atoms with van der Waals surface area (Å²) in [7, 11) is 0. The number of hydrogen-bond acceptors (Lipinski definition) is 3. The summed E-state index contributed by atoms with van der Waals surface area (Å²) in [5.41, 5.74) is 0.183. The van der Waals surface area contributed by atoms with Crippen molar-refractivity contribution in [1.82, 2.24) is 9.55 Å². The molecule has 0 aliphatic carbocycles. The molecule has 0 aliphatic rings. The van der Waals surface area contributed by atoms with E-state index in [4.69, 9.17) is 11.6 Å². The lowest BCUT2D eigenvalue weighted by molar-refractivity contribution is -0.137. The SMILES string of the molecule is O=c1cc(Nc2ccc(Cl)cc2)c2cccnc2n1-c1cccc(C(F)(F)F)c1. The fraction of sp³-hybridized carbons (Fsp3) is 0.0476. The van der Waals surface area contributed by atoms with Crippen LogP contribution in [0.4, 0.5) is 24.5 Å². The molecule has 2 heterocycles. The van der Waals surface area contributed by atoms with Crippen molar-refractivity contribution < 1.29 is 13.2 Å². The number of aromatic nitrogens is 2. The molecule has 4 rings (SSSR count). The highest BCUT2D eigenvalue weighted by molar-refractivity contribution is 6.30. The van der Waals surface area contributed by atoms with E-state index in [1.54, 1.807) is 36.4 Å².